The molecule has 2 aromatic carbocycles. The van der Waals surface area contributed by atoms with Crippen LogP contribution in [-0.2, 0) is 0 Å². The van der Waals surface area contributed by atoms with E-state index < -0.39 is 0 Å². The highest BCUT2D eigenvalue weighted by Gasteiger charge is 2.14. The molecule has 1 aromatic heterocycles. The molecular formula is C17H11NO2. The van der Waals surface area contributed by atoms with Crippen molar-refractivity contribution in [3.05, 3.63) is 69.9 Å². The van der Waals surface area contributed by atoms with Gasteiger partial charge < -0.3 is 4.42 Å². The Bertz CT molecular complexity index is 886. The van der Waals surface area contributed by atoms with Crippen LogP contribution in [0.2, 0.25) is 0 Å². The van der Waals surface area contributed by atoms with E-state index in [1.54, 1.807) is 25.1 Å². The fourth-order valence-electron chi connectivity index (χ4n) is 2.26. The van der Waals surface area contributed by atoms with E-state index in [9.17, 15) is 4.79 Å². The fraction of sp³-hybridized carbons (Fsp3) is 0.0588. The van der Waals surface area contributed by atoms with Gasteiger partial charge in [0.05, 0.1) is 10.9 Å². The Balaban J connectivity index is 2.44. The lowest BCUT2D eigenvalue weighted by Crippen LogP contribution is -2.07. The van der Waals surface area contributed by atoms with E-state index in [0.29, 0.717) is 27.9 Å². The SMILES string of the molecule is Cc1c(-c2ccccc2)oc2c(C#N)cccc2c1=O. The van der Waals surface area contributed by atoms with Gasteiger partial charge >= 0.3 is 0 Å². The lowest BCUT2D eigenvalue weighted by Gasteiger charge is -2.07. The second-order valence-corrected chi connectivity index (χ2v) is 4.55. The first-order valence-electron chi connectivity index (χ1n) is 6.24. The molecular weight excluding hydrogens is 250 g/mol. The van der Waals surface area contributed by atoms with Crippen LogP contribution in [0.3, 0.4) is 0 Å². The van der Waals surface area contributed by atoms with E-state index in [4.69, 9.17) is 9.68 Å². The zero-order chi connectivity index (χ0) is 14.1. The van der Waals surface area contributed by atoms with E-state index in [0.717, 1.165) is 5.56 Å². The number of nitriles is 1. The summed E-state index contributed by atoms with van der Waals surface area (Å²) in [5, 5.41) is 9.59. The highest BCUT2D eigenvalue weighted by atomic mass is 16.3. The average molecular weight is 261 g/mol. The van der Waals surface area contributed by atoms with Crippen LogP contribution in [0, 0.1) is 18.3 Å². The van der Waals surface area contributed by atoms with Crippen molar-refractivity contribution in [2.24, 2.45) is 0 Å². The van der Waals surface area contributed by atoms with Crippen LogP contribution >= 0.6 is 0 Å². The van der Waals surface area contributed by atoms with Gasteiger partial charge in [0.1, 0.15) is 11.8 Å². The molecule has 0 aliphatic heterocycles. The van der Waals surface area contributed by atoms with E-state index in [-0.39, 0.29) is 5.43 Å². The highest BCUT2D eigenvalue weighted by molar-refractivity contribution is 5.84. The fourth-order valence-corrected chi connectivity index (χ4v) is 2.26. The summed E-state index contributed by atoms with van der Waals surface area (Å²) in [6.45, 7) is 1.74. The van der Waals surface area contributed by atoms with Crippen LogP contribution in [-0.4, -0.2) is 0 Å². The second-order valence-electron chi connectivity index (χ2n) is 4.55. The molecule has 0 fully saturated rings. The highest BCUT2D eigenvalue weighted by Crippen LogP contribution is 2.26. The average Bonchev–Trinajstić information content (AvgIpc) is 2.51. The number of hydrogen-bond donors (Lipinski definition) is 0. The summed E-state index contributed by atoms with van der Waals surface area (Å²) in [4.78, 5) is 12.4. The minimum absolute atomic E-state index is 0.0952. The lowest BCUT2D eigenvalue weighted by molar-refractivity contribution is 0.613. The van der Waals surface area contributed by atoms with Crippen molar-refractivity contribution in [3.8, 4) is 17.4 Å². The van der Waals surface area contributed by atoms with E-state index in [1.165, 1.54) is 0 Å². The van der Waals surface area contributed by atoms with Crippen molar-refractivity contribution < 1.29 is 4.42 Å². The molecule has 3 heteroatoms. The molecule has 3 rings (SSSR count). The van der Waals surface area contributed by atoms with E-state index >= 15 is 0 Å². The van der Waals surface area contributed by atoms with Crippen molar-refractivity contribution in [1.82, 2.24) is 0 Å². The largest absolute Gasteiger partial charge is 0.454 e. The standard InChI is InChI=1S/C17H11NO2/c1-11-15(19)14-9-5-8-13(10-18)17(14)20-16(11)12-6-3-2-4-7-12/h2-9H,1H3. The number of nitrogens with zero attached hydrogens (tertiary/aromatic N) is 1. The van der Waals surface area contributed by atoms with Gasteiger partial charge in [0.25, 0.3) is 0 Å². The predicted octanol–water partition coefficient (Wildman–Crippen LogP) is 3.64. The maximum atomic E-state index is 12.4. The molecule has 0 amide bonds. The molecule has 96 valence electrons. The maximum absolute atomic E-state index is 12.4. The molecule has 20 heavy (non-hydrogen) atoms. The molecule has 0 saturated heterocycles. The minimum Gasteiger partial charge on any atom is -0.454 e. The Morgan fingerprint density at radius 2 is 1.80 bits per heavy atom. The van der Waals surface area contributed by atoms with Crippen molar-refractivity contribution in [3.63, 3.8) is 0 Å². The quantitative estimate of drug-likeness (QED) is 0.672. The summed E-state index contributed by atoms with van der Waals surface area (Å²) in [6.07, 6.45) is 0. The van der Waals surface area contributed by atoms with Crippen LogP contribution in [0.25, 0.3) is 22.3 Å². The first kappa shape index (κ1) is 12.2. The molecule has 0 aliphatic carbocycles. The molecule has 3 aromatic rings. The number of benzene rings is 2. The maximum Gasteiger partial charge on any atom is 0.196 e. The monoisotopic (exact) mass is 261 g/mol. The summed E-state index contributed by atoms with van der Waals surface area (Å²) in [6, 6.07) is 16.5. The van der Waals surface area contributed by atoms with Gasteiger partial charge in [-0.2, -0.15) is 5.26 Å². The van der Waals surface area contributed by atoms with Gasteiger partial charge in [-0.1, -0.05) is 36.4 Å². The smallest absolute Gasteiger partial charge is 0.196 e. The van der Waals surface area contributed by atoms with Gasteiger partial charge in [-0.05, 0) is 19.1 Å². The van der Waals surface area contributed by atoms with E-state index in [1.807, 2.05) is 30.3 Å². The molecule has 0 aliphatic rings. The molecule has 0 atom stereocenters. The van der Waals surface area contributed by atoms with Crippen molar-refractivity contribution >= 4 is 11.0 Å². The predicted molar refractivity (Wildman–Crippen MR) is 77.4 cm³/mol. The molecule has 0 saturated carbocycles. The molecule has 0 bridgehead atoms. The number of para-hydroxylation sites is 1. The van der Waals surface area contributed by atoms with Crippen LogP contribution in [0.1, 0.15) is 11.1 Å². The summed E-state index contributed by atoms with van der Waals surface area (Å²) in [5.74, 6) is 0.519. The summed E-state index contributed by atoms with van der Waals surface area (Å²) in [7, 11) is 0. The number of hydrogen-bond acceptors (Lipinski definition) is 3. The Labute approximate surface area is 115 Å². The Hall–Kier alpha value is -2.86. The van der Waals surface area contributed by atoms with Gasteiger partial charge in [-0.15, -0.1) is 0 Å². The first-order chi connectivity index (χ1) is 9.72. The van der Waals surface area contributed by atoms with Crippen molar-refractivity contribution in [1.29, 1.82) is 5.26 Å². The third kappa shape index (κ3) is 1.79. The van der Waals surface area contributed by atoms with Crippen molar-refractivity contribution in [2.75, 3.05) is 0 Å². The van der Waals surface area contributed by atoms with Crippen LogP contribution < -0.4 is 5.43 Å². The molecule has 0 N–H and O–H groups in total. The van der Waals surface area contributed by atoms with E-state index in [2.05, 4.69) is 6.07 Å². The summed E-state index contributed by atoms with van der Waals surface area (Å²) in [5.41, 5.74) is 2.01. The van der Waals surface area contributed by atoms with Gasteiger partial charge in [-0.25, -0.2) is 0 Å². The molecule has 0 spiro atoms. The molecule has 0 radical (unpaired) electrons. The van der Waals surface area contributed by atoms with Crippen LogP contribution in [0.4, 0.5) is 0 Å². The second kappa shape index (κ2) is 4.67. The van der Waals surface area contributed by atoms with Gasteiger partial charge in [-0.3, -0.25) is 4.79 Å². The third-order valence-electron chi connectivity index (χ3n) is 3.30. The van der Waals surface area contributed by atoms with Crippen LogP contribution in [0.15, 0.2) is 57.7 Å². The first-order valence-corrected chi connectivity index (χ1v) is 6.24. The number of rotatable bonds is 1. The summed E-state index contributed by atoms with van der Waals surface area (Å²) < 4.78 is 5.86. The normalized spacial score (nSPS) is 10.4. The lowest BCUT2D eigenvalue weighted by atomic mass is 10.0. The Morgan fingerprint density at radius 1 is 1.05 bits per heavy atom. The minimum atomic E-state index is -0.0952. The van der Waals surface area contributed by atoms with Gasteiger partial charge in [0.2, 0.25) is 0 Å². The zero-order valence-corrected chi connectivity index (χ0v) is 10.9. The topological polar surface area (TPSA) is 54.0 Å². The van der Waals surface area contributed by atoms with Gasteiger partial charge in [0.15, 0.2) is 11.0 Å². The Kier molecular flexibility index (Phi) is 2.85. The number of fused-ring (bicyclic) bond motifs is 1. The molecule has 1 heterocycles. The zero-order valence-electron chi connectivity index (χ0n) is 10.9. The third-order valence-corrected chi connectivity index (χ3v) is 3.30. The molecule has 0 unspecified atom stereocenters. The summed E-state index contributed by atoms with van der Waals surface area (Å²) >= 11 is 0. The molecule has 3 nitrogen and oxygen atoms in total. The van der Waals surface area contributed by atoms with Crippen LogP contribution in [0.5, 0.6) is 0 Å². The Morgan fingerprint density at radius 3 is 2.50 bits per heavy atom. The van der Waals surface area contributed by atoms with Gasteiger partial charge in [0, 0.05) is 11.1 Å². The van der Waals surface area contributed by atoms with Crippen molar-refractivity contribution in [2.45, 2.75) is 6.92 Å².